The molecule has 0 unspecified atom stereocenters. The number of nitrogens with one attached hydrogen (secondary N) is 1. The average molecular weight is 282 g/mol. The van der Waals surface area contributed by atoms with Crippen LogP contribution in [0.15, 0.2) is 48.7 Å². The van der Waals surface area contributed by atoms with Crippen LogP contribution in [0.3, 0.4) is 0 Å². The van der Waals surface area contributed by atoms with Gasteiger partial charge in [-0.25, -0.2) is 0 Å². The molecular weight excluding hydrogens is 264 g/mol. The number of Topliss-reactive ketones (excluding diaryl/α,β-unsaturated/α-hetero) is 1. The summed E-state index contributed by atoms with van der Waals surface area (Å²) in [5.41, 5.74) is 2.02. The predicted molar refractivity (Wildman–Crippen MR) is 81.3 cm³/mol. The maximum atomic E-state index is 12.1. The van der Waals surface area contributed by atoms with Gasteiger partial charge in [0.15, 0.2) is 5.78 Å². The molecule has 1 aromatic heterocycles. The van der Waals surface area contributed by atoms with Crippen LogP contribution >= 0.6 is 0 Å². The van der Waals surface area contributed by atoms with Gasteiger partial charge in [0.1, 0.15) is 0 Å². The molecule has 1 aromatic carbocycles. The number of hydrogen-bond donors (Lipinski definition) is 1. The molecule has 1 heterocycles. The summed E-state index contributed by atoms with van der Waals surface area (Å²) < 4.78 is 0. The van der Waals surface area contributed by atoms with Gasteiger partial charge in [-0.3, -0.25) is 14.6 Å². The molecule has 1 N–H and O–H groups in total. The number of aryl methyl sites for hydroxylation is 1. The van der Waals surface area contributed by atoms with Crippen LogP contribution < -0.4 is 5.32 Å². The first kappa shape index (κ1) is 14.9. The summed E-state index contributed by atoms with van der Waals surface area (Å²) in [6.07, 6.45) is 1.81. The minimum Gasteiger partial charge on any atom is -0.349 e. The average Bonchev–Trinajstić information content (AvgIpc) is 2.48. The second kappa shape index (κ2) is 6.79. The number of amides is 1. The molecule has 4 nitrogen and oxygen atoms in total. The predicted octanol–water partition coefficient (Wildman–Crippen LogP) is 2.78. The van der Waals surface area contributed by atoms with Crippen molar-refractivity contribution in [1.82, 2.24) is 10.3 Å². The van der Waals surface area contributed by atoms with Crippen molar-refractivity contribution in [2.24, 2.45) is 0 Å². The Kier molecular flexibility index (Phi) is 4.82. The number of carbonyl (C=O) groups excluding carboxylic acids is 2. The van der Waals surface area contributed by atoms with E-state index >= 15 is 0 Å². The van der Waals surface area contributed by atoms with Gasteiger partial charge >= 0.3 is 0 Å². The van der Waals surface area contributed by atoms with Crippen molar-refractivity contribution in [3.8, 4) is 0 Å². The van der Waals surface area contributed by atoms with Crippen LogP contribution in [0, 0.1) is 6.92 Å². The van der Waals surface area contributed by atoms with E-state index in [0.717, 1.165) is 5.69 Å². The summed E-state index contributed by atoms with van der Waals surface area (Å²) in [5, 5.41) is 2.82. The van der Waals surface area contributed by atoms with E-state index in [-0.39, 0.29) is 24.2 Å². The SMILES string of the molecule is Cc1ccc(C(=O)N[C@H](C)CC(=O)c2ccccc2)cn1. The number of benzene rings is 1. The number of nitrogens with zero attached hydrogens (tertiary/aromatic N) is 1. The van der Waals surface area contributed by atoms with Gasteiger partial charge in [0, 0.05) is 29.9 Å². The van der Waals surface area contributed by atoms with Crippen LogP contribution in [0.2, 0.25) is 0 Å². The Morgan fingerprint density at radius 1 is 1.10 bits per heavy atom. The van der Waals surface area contributed by atoms with Gasteiger partial charge in [-0.1, -0.05) is 30.3 Å². The van der Waals surface area contributed by atoms with Gasteiger partial charge < -0.3 is 5.32 Å². The van der Waals surface area contributed by atoms with E-state index < -0.39 is 0 Å². The van der Waals surface area contributed by atoms with Crippen LogP contribution in [0.5, 0.6) is 0 Å². The second-order valence-electron chi connectivity index (χ2n) is 5.06. The van der Waals surface area contributed by atoms with E-state index in [4.69, 9.17) is 0 Å². The second-order valence-corrected chi connectivity index (χ2v) is 5.06. The smallest absolute Gasteiger partial charge is 0.253 e. The quantitative estimate of drug-likeness (QED) is 0.858. The highest BCUT2D eigenvalue weighted by Crippen LogP contribution is 2.06. The molecule has 0 radical (unpaired) electrons. The highest BCUT2D eigenvalue weighted by atomic mass is 16.2. The number of hydrogen-bond acceptors (Lipinski definition) is 3. The maximum Gasteiger partial charge on any atom is 0.253 e. The third kappa shape index (κ3) is 4.24. The fourth-order valence-electron chi connectivity index (χ4n) is 1.98. The first-order valence-corrected chi connectivity index (χ1v) is 6.88. The molecule has 1 atom stereocenters. The summed E-state index contributed by atoms with van der Waals surface area (Å²) in [6.45, 7) is 3.68. The molecule has 0 bridgehead atoms. The Morgan fingerprint density at radius 3 is 2.43 bits per heavy atom. The zero-order valence-corrected chi connectivity index (χ0v) is 12.2. The van der Waals surface area contributed by atoms with E-state index in [2.05, 4.69) is 10.3 Å². The first-order valence-electron chi connectivity index (χ1n) is 6.88. The molecule has 108 valence electrons. The van der Waals surface area contributed by atoms with Gasteiger partial charge in [-0.15, -0.1) is 0 Å². The van der Waals surface area contributed by atoms with Gasteiger partial charge in [-0.05, 0) is 26.0 Å². The third-order valence-electron chi connectivity index (χ3n) is 3.14. The molecule has 4 heteroatoms. The lowest BCUT2D eigenvalue weighted by molar-refractivity contribution is 0.0918. The topological polar surface area (TPSA) is 59.1 Å². The molecule has 0 aliphatic heterocycles. The van der Waals surface area contributed by atoms with Crippen molar-refractivity contribution in [3.63, 3.8) is 0 Å². The zero-order chi connectivity index (χ0) is 15.2. The Bertz CT molecular complexity index is 621. The molecule has 0 aliphatic carbocycles. The summed E-state index contributed by atoms with van der Waals surface area (Å²) in [6, 6.07) is 12.4. The fourth-order valence-corrected chi connectivity index (χ4v) is 1.98. The van der Waals surface area contributed by atoms with Crippen LogP contribution in [-0.4, -0.2) is 22.7 Å². The van der Waals surface area contributed by atoms with E-state index in [0.29, 0.717) is 11.1 Å². The van der Waals surface area contributed by atoms with Crippen molar-refractivity contribution in [2.75, 3.05) is 0 Å². The largest absolute Gasteiger partial charge is 0.349 e. The molecule has 0 fully saturated rings. The molecule has 1 amide bonds. The maximum absolute atomic E-state index is 12.1. The summed E-state index contributed by atoms with van der Waals surface area (Å²) in [7, 11) is 0. The Labute approximate surface area is 124 Å². The van der Waals surface area contributed by atoms with E-state index in [1.54, 1.807) is 24.3 Å². The number of aromatic nitrogens is 1. The van der Waals surface area contributed by atoms with Crippen LogP contribution in [-0.2, 0) is 0 Å². The number of rotatable bonds is 5. The number of ketones is 1. The van der Waals surface area contributed by atoms with Gasteiger partial charge in [-0.2, -0.15) is 0 Å². The van der Waals surface area contributed by atoms with Crippen LogP contribution in [0.1, 0.15) is 39.8 Å². The summed E-state index contributed by atoms with van der Waals surface area (Å²) in [5.74, 6) is -0.193. The van der Waals surface area contributed by atoms with Crippen molar-refractivity contribution in [2.45, 2.75) is 26.3 Å². The molecule has 2 rings (SSSR count). The number of carbonyl (C=O) groups is 2. The normalized spacial score (nSPS) is 11.7. The fraction of sp³-hybridized carbons (Fsp3) is 0.235. The molecule has 0 spiro atoms. The van der Waals surface area contributed by atoms with Gasteiger partial charge in [0.05, 0.1) is 5.56 Å². The lowest BCUT2D eigenvalue weighted by Crippen LogP contribution is -2.34. The Hall–Kier alpha value is -2.49. The zero-order valence-electron chi connectivity index (χ0n) is 12.2. The van der Waals surface area contributed by atoms with Crippen LogP contribution in [0.4, 0.5) is 0 Å². The standard InChI is InChI=1S/C17H18N2O2/c1-12-8-9-15(11-18-12)17(21)19-13(2)10-16(20)14-6-4-3-5-7-14/h3-9,11,13H,10H2,1-2H3,(H,19,21)/t13-/m1/s1. The summed E-state index contributed by atoms with van der Waals surface area (Å²) >= 11 is 0. The lowest BCUT2D eigenvalue weighted by atomic mass is 10.0. The molecule has 0 aliphatic rings. The lowest BCUT2D eigenvalue weighted by Gasteiger charge is -2.13. The first-order chi connectivity index (χ1) is 10.1. The van der Waals surface area contributed by atoms with E-state index in [1.807, 2.05) is 32.0 Å². The molecule has 0 saturated carbocycles. The number of pyridine rings is 1. The molecule has 0 saturated heterocycles. The molecule has 2 aromatic rings. The minimum atomic E-state index is -0.230. The van der Waals surface area contributed by atoms with Gasteiger partial charge in [0.25, 0.3) is 5.91 Å². The van der Waals surface area contributed by atoms with Crippen molar-refractivity contribution < 1.29 is 9.59 Å². The monoisotopic (exact) mass is 282 g/mol. The van der Waals surface area contributed by atoms with Gasteiger partial charge in [0.2, 0.25) is 0 Å². The molecule has 21 heavy (non-hydrogen) atoms. The third-order valence-corrected chi connectivity index (χ3v) is 3.14. The Balaban J connectivity index is 1.92. The van der Waals surface area contributed by atoms with Crippen molar-refractivity contribution >= 4 is 11.7 Å². The van der Waals surface area contributed by atoms with E-state index in [9.17, 15) is 9.59 Å². The minimum absolute atomic E-state index is 0.0189. The van der Waals surface area contributed by atoms with Crippen molar-refractivity contribution in [3.05, 3.63) is 65.5 Å². The highest BCUT2D eigenvalue weighted by Gasteiger charge is 2.14. The Morgan fingerprint density at radius 2 is 1.81 bits per heavy atom. The van der Waals surface area contributed by atoms with Crippen molar-refractivity contribution in [1.29, 1.82) is 0 Å². The van der Waals surface area contributed by atoms with Crippen LogP contribution in [0.25, 0.3) is 0 Å². The highest BCUT2D eigenvalue weighted by molar-refractivity contribution is 5.97. The van der Waals surface area contributed by atoms with E-state index in [1.165, 1.54) is 6.20 Å². The molecular formula is C17H18N2O2. The summed E-state index contributed by atoms with van der Waals surface area (Å²) in [4.78, 5) is 28.2.